The van der Waals surface area contributed by atoms with E-state index < -0.39 is 23.8 Å². The first-order valence-electron chi connectivity index (χ1n) is 13.7. The average Bonchev–Trinajstić information content (AvgIpc) is 2.95. The summed E-state index contributed by atoms with van der Waals surface area (Å²) < 4.78 is 45.2. The highest BCUT2D eigenvalue weighted by molar-refractivity contribution is 6.04. The van der Waals surface area contributed by atoms with Crippen molar-refractivity contribution in [3.05, 3.63) is 89.5 Å². The lowest BCUT2D eigenvalue weighted by Gasteiger charge is -2.38. The summed E-state index contributed by atoms with van der Waals surface area (Å²) in [6.07, 6.45) is -4.88. The number of fused-ring (bicyclic) bond motifs is 1. The Morgan fingerprint density at radius 3 is 2.40 bits per heavy atom. The van der Waals surface area contributed by atoms with Crippen LogP contribution in [0, 0.1) is 5.92 Å². The van der Waals surface area contributed by atoms with Crippen molar-refractivity contribution < 1.29 is 32.6 Å². The number of carbonyl (C=O) groups is 2. The van der Waals surface area contributed by atoms with Crippen LogP contribution in [0.4, 0.5) is 29.3 Å². The Kier molecular flexibility index (Phi) is 9.74. The van der Waals surface area contributed by atoms with Crippen molar-refractivity contribution in [2.45, 2.75) is 38.7 Å². The third kappa shape index (κ3) is 7.59. The van der Waals surface area contributed by atoms with Crippen molar-refractivity contribution >= 4 is 23.3 Å². The minimum atomic E-state index is -4.49. The van der Waals surface area contributed by atoms with Gasteiger partial charge in [-0.3, -0.25) is 9.69 Å². The third-order valence-corrected chi connectivity index (χ3v) is 7.20. The van der Waals surface area contributed by atoms with E-state index >= 15 is 0 Å². The summed E-state index contributed by atoms with van der Waals surface area (Å²) in [5.74, 6) is -0.297. The number of nitrogens with one attached hydrogen (secondary N) is 2. The van der Waals surface area contributed by atoms with E-state index in [-0.39, 0.29) is 47.2 Å². The van der Waals surface area contributed by atoms with Crippen LogP contribution in [-0.2, 0) is 12.7 Å². The Bertz CT molecular complexity index is 1370. The monoisotopic (exact) mass is 584 g/mol. The highest BCUT2D eigenvalue weighted by atomic mass is 19.4. The minimum absolute atomic E-state index is 0.136. The maximum atomic E-state index is 13.7. The first-order valence-corrected chi connectivity index (χ1v) is 13.7. The first-order chi connectivity index (χ1) is 20.0. The molecular formula is C31H35F3N4O4. The second kappa shape index (κ2) is 13.3. The number of aliphatic hydroxyl groups is 1. The fraction of sp³-hybridized carbons (Fsp3) is 0.355. The first kappa shape index (κ1) is 30.9. The molecule has 0 fully saturated rings. The number of benzene rings is 3. The molecule has 0 saturated heterocycles. The van der Waals surface area contributed by atoms with E-state index in [2.05, 4.69) is 15.5 Å². The van der Waals surface area contributed by atoms with E-state index in [0.717, 1.165) is 29.8 Å². The Labute approximate surface area is 243 Å². The fourth-order valence-corrected chi connectivity index (χ4v) is 4.85. The van der Waals surface area contributed by atoms with Gasteiger partial charge in [0.05, 0.1) is 29.5 Å². The summed E-state index contributed by atoms with van der Waals surface area (Å²) in [4.78, 5) is 30.3. The molecular weight excluding hydrogens is 549 g/mol. The number of carbonyl (C=O) groups excluding carboxylic acids is 2. The van der Waals surface area contributed by atoms with Crippen LogP contribution in [0.3, 0.4) is 0 Å². The number of hydrogen-bond acceptors (Lipinski definition) is 5. The number of halogens is 3. The molecule has 0 aliphatic carbocycles. The number of hydrogen-bond donors (Lipinski definition) is 3. The van der Waals surface area contributed by atoms with E-state index in [9.17, 15) is 27.9 Å². The summed E-state index contributed by atoms with van der Waals surface area (Å²) >= 11 is 0. The van der Waals surface area contributed by atoms with Crippen LogP contribution in [0.25, 0.3) is 0 Å². The van der Waals surface area contributed by atoms with E-state index in [1.165, 1.54) is 0 Å². The van der Waals surface area contributed by atoms with Crippen molar-refractivity contribution in [3.8, 4) is 5.75 Å². The molecule has 224 valence electrons. The second-order valence-electron chi connectivity index (χ2n) is 10.6. The van der Waals surface area contributed by atoms with Crippen LogP contribution in [0.5, 0.6) is 5.75 Å². The van der Waals surface area contributed by atoms with Crippen molar-refractivity contribution in [3.63, 3.8) is 0 Å². The van der Waals surface area contributed by atoms with Crippen LogP contribution in [0.15, 0.2) is 72.8 Å². The van der Waals surface area contributed by atoms with Gasteiger partial charge < -0.3 is 25.4 Å². The zero-order valence-electron chi connectivity index (χ0n) is 23.7. The SMILES string of the molecule is C[C@H](CO)N1C[C@H](C)[C@H](CN(C)Cc2ccccc2)Oc2c(NC(=O)Nc3ccc(C(F)(F)F)cc3)cccc2C1=O. The summed E-state index contributed by atoms with van der Waals surface area (Å²) in [5, 5.41) is 15.1. The van der Waals surface area contributed by atoms with Crippen LogP contribution in [0.1, 0.15) is 35.3 Å². The highest BCUT2D eigenvalue weighted by Gasteiger charge is 2.35. The molecule has 42 heavy (non-hydrogen) atoms. The number of para-hydroxylation sites is 1. The summed E-state index contributed by atoms with van der Waals surface area (Å²) in [7, 11) is 1.98. The van der Waals surface area contributed by atoms with Crippen LogP contribution in [0.2, 0.25) is 0 Å². The van der Waals surface area contributed by atoms with Gasteiger partial charge in [0.15, 0.2) is 5.75 Å². The maximum absolute atomic E-state index is 13.7. The number of nitrogens with zero attached hydrogens (tertiary/aromatic N) is 2. The van der Waals surface area contributed by atoms with Crippen LogP contribution in [-0.4, -0.2) is 65.7 Å². The number of likely N-dealkylation sites (N-methyl/N-ethyl adjacent to an activating group) is 1. The number of rotatable bonds is 8. The molecule has 0 saturated carbocycles. The predicted molar refractivity (Wildman–Crippen MR) is 154 cm³/mol. The van der Waals surface area contributed by atoms with Crippen LogP contribution < -0.4 is 15.4 Å². The van der Waals surface area contributed by atoms with E-state index in [1.807, 2.05) is 44.3 Å². The Morgan fingerprint density at radius 2 is 1.76 bits per heavy atom. The number of aliphatic hydroxyl groups excluding tert-OH is 1. The lowest BCUT2D eigenvalue weighted by Crippen LogP contribution is -2.49. The number of urea groups is 1. The smallest absolute Gasteiger partial charge is 0.416 e. The summed E-state index contributed by atoms with van der Waals surface area (Å²) in [6.45, 7) is 5.06. The third-order valence-electron chi connectivity index (χ3n) is 7.20. The molecule has 3 N–H and O–H groups in total. The molecule has 11 heteroatoms. The maximum Gasteiger partial charge on any atom is 0.416 e. The molecule has 1 aliphatic rings. The quantitative estimate of drug-likeness (QED) is 0.316. The van der Waals surface area contributed by atoms with Gasteiger partial charge in [0, 0.05) is 31.2 Å². The van der Waals surface area contributed by atoms with Gasteiger partial charge in [-0.15, -0.1) is 0 Å². The van der Waals surface area contributed by atoms with Crippen molar-refractivity contribution in [2.75, 3.05) is 37.4 Å². The Hall–Kier alpha value is -4.09. The topological polar surface area (TPSA) is 94.1 Å². The lowest BCUT2D eigenvalue weighted by atomic mass is 9.99. The van der Waals surface area contributed by atoms with E-state index in [4.69, 9.17) is 4.74 Å². The fourth-order valence-electron chi connectivity index (χ4n) is 4.85. The molecule has 0 unspecified atom stereocenters. The van der Waals surface area contributed by atoms with Gasteiger partial charge >= 0.3 is 12.2 Å². The van der Waals surface area contributed by atoms with Gasteiger partial charge in [-0.25, -0.2) is 4.79 Å². The van der Waals surface area contributed by atoms with E-state index in [0.29, 0.717) is 19.6 Å². The molecule has 3 aromatic rings. The van der Waals surface area contributed by atoms with Gasteiger partial charge in [-0.1, -0.05) is 43.3 Å². The Morgan fingerprint density at radius 1 is 1.07 bits per heavy atom. The predicted octanol–water partition coefficient (Wildman–Crippen LogP) is 5.70. The Balaban J connectivity index is 1.60. The molecule has 4 rings (SSSR count). The number of amides is 3. The zero-order valence-corrected chi connectivity index (χ0v) is 23.7. The molecule has 3 atom stereocenters. The normalized spacial score (nSPS) is 18.0. The molecule has 0 aromatic heterocycles. The van der Waals surface area contributed by atoms with Crippen molar-refractivity contribution in [1.82, 2.24) is 9.80 Å². The number of alkyl halides is 3. The van der Waals surface area contributed by atoms with Crippen molar-refractivity contribution in [2.24, 2.45) is 5.92 Å². The van der Waals surface area contributed by atoms with Gasteiger partial charge in [0.25, 0.3) is 5.91 Å². The number of ether oxygens (including phenoxy) is 1. The molecule has 3 amide bonds. The molecule has 0 bridgehead atoms. The molecule has 1 heterocycles. The zero-order chi connectivity index (χ0) is 30.4. The molecule has 3 aromatic carbocycles. The highest BCUT2D eigenvalue weighted by Crippen LogP contribution is 2.35. The standard InChI is InChI=1S/C31H35F3N4O4/c1-20-16-38(21(2)19-39)29(40)25-10-7-11-26(36-30(41)35-24-14-12-23(13-15-24)31(32,33)34)28(25)42-27(20)18-37(3)17-22-8-5-4-6-9-22/h4-15,20-21,27,39H,16-19H2,1-3H3,(H2,35,36,41)/t20-,21+,27-/m0/s1. The molecule has 8 nitrogen and oxygen atoms in total. The largest absolute Gasteiger partial charge is 0.486 e. The van der Waals surface area contributed by atoms with Crippen molar-refractivity contribution in [1.29, 1.82) is 0 Å². The molecule has 0 radical (unpaired) electrons. The van der Waals surface area contributed by atoms with Gasteiger partial charge in [0.1, 0.15) is 6.10 Å². The lowest BCUT2D eigenvalue weighted by molar-refractivity contribution is -0.137. The molecule has 0 spiro atoms. The second-order valence-corrected chi connectivity index (χ2v) is 10.6. The van der Waals surface area contributed by atoms with Crippen LogP contribution >= 0.6 is 0 Å². The minimum Gasteiger partial charge on any atom is -0.486 e. The number of anilines is 2. The van der Waals surface area contributed by atoms with Gasteiger partial charge in [-0.2, -0.15) is 13.2 Å². The van der Waals surface area contributed by atoms with Gasteiger partial charge in [-0.05, 0) is 55.9 Å². The summed E-state index contributed by atoms with van der Waals surface area (Å²) in [5.41, 5.74) is 0.918. The summed E-state index contributed by atoms with van der Waals surface area (Å²) in [6, 6.07) is 17.7. The van der Waals surface area contributed by atoms with E-state index in [1.54, 1.807) is 30.0 Å². The van der Waals surface area contributed by atoms with Gasteiger partial charge in [0.2, 0.25) is 0 Å². The average molecular weight is 585 g/mol. The molecule has 1 aliphatic heterocycles.